The quantitative estimate of drug-likeness (QED) is 0.258. The molecule has 0 bridgehead atoms. The van der Waals surface area contributed by atoms with Crippen molar-refractivity contribution in [2.24, 2.45) is 0 Å². The third-order valence-electron chi connectivity index (χ3n) is 7.24. The first kappa shape index (κ1) is 30.6. The molecule has 2 aromatic carbocycles. The number of carbonyl (C=O) groups excluding carboxylic acids is 1. The van der Waals surface area contributed by atoms with E-state index in [1.165, 1.54) is 24.4 Å². The van der Waals surface area contributed by atoms with Gasteiger partial charge in [-0.25, -0.2) is 22.2 Å². The van der Waals surface area contributed by atoms with Crippen molar-refractivity contribution in [1.82, 2.24) is 15.3 Å². The van der Waals surface area contributed by atoms with Crippen molar-refractivity contribution in [2.45, 2.75) is 42.6 Å². The van der Waals surface area contributed by atoms with Crippen LogP contribution in [0.15, 0.2) is 59.6 Å². The van der Waals surface area contributed by atoms with Crippen LogP contribution in [0.4, 0.5) is 23.4 Å². The fraction of sp³-hybridized carbons (Fsp3) is 0.276. The number of pyridine rings is 2. The van der Waals surface area contributed by atoms with E-state index in [1.807, 2.05) is 4.90 Å². The van der Waals surface area contributed by atoms with Crippen LogP contribution in [0.2, 0.25) is 5.02 Å². The van der Waals surface area contributed by atoms with Crippen LogP contribution in [0.1, 0.15) is 35.8 Å². The van der Waals surface area contributed by atoms with E-state index in [1.54, 1.807) is 13.0 Å². The van der Waals surface area contributed by atoms with Crippen molar-refractivity contribution in [2.75, 3.05) is 18.0 Å². The first-order valence-corrected chi connectivity index (χ1v) is 15.0. The molecule has 3 heterocycles. The standard InChI is InChI=1S/C29H25ClF4N4O4S/c1-29(40)4-6-38(7-5-29)25-12-19(31)11-24(37-25)22-3-2-16-14-35-20(13-23(16)26(22)32)15-36-27(39)17-8-18(30)10-21(9-17)43(41,42)28(33)34/h2-3,8-14,28,40H,4-7,15H2,1H3,(H,36,39). The van der Waals surface area contributed by atoms with Crippen molar-refractivity contribution in [1.29, 1.82) is 0 Å². The molecule has 0 atom stereocenters. The summed E-state index contributed by atoms with van der Waals surface area (Å²) >= 11 is 5.86. The predicted molar refractivity (Wildman–Crippen MR) is 153 cm³/mol. The number of aromatic nitrogens is 2. The van der Waals surface area contributed by atoms with Gasteiger partial charge in [-0.1, -0.05) is 17.7 Å². The Kier molecular flexibility index (Phi) is 8.34. The number of carbonyl (C=O) groups is 1. The molecular formula is C29H25ClF4N4O4S. The molecule has 43 heavy (non-hydrogen) atoms. The Balaban J connectivity index is 1.39. The number of hydrogen-bond acceptors (Lipinski definition) is 7. The van der Waals surface area contributed by atoms with Crippen molar-refractivity contribution >= 4 is 43.9 Å². The zero-order valence-electron chi connectivity index (χ0n) is 22.6. The van der Waals surface area contributed by atoms with Gasteiger partial charge in [0.2, 0.25) is 9.84 Å². The highest BCUT2D eigenvalue weighted by molar-refractivity contribution is 7.91. The maximum Gasteiger partial charge on any atom is 0.341 e. The number of amides is 1. The van der Waals surface area contributed by atoms with Gasteiger partial charge in [-0.05, 0) is 50.1 Å². The third kappa shape index (κ3) is 6.58. The predicted octanol–water partition coefficient (Wildman–Crippen LogP) is 5.51. The minimum Gasteiger partial charge on any atom is -0.390 e. The minimum atomic E-state index is -4.99. The van der Waals surface area contributed by atoms with Gasteiger partial charge in [-0.2, -0.15) is 8.78 Å². The van der Waals surface area contributed by atoms with Crippen molar-refractivity contribution in [3.8, 4) is 11.3 Å². The number of aliphatic hydroxyl groups is 1. The molecule has 0 radical (unpaired) electrons. The molecule has 0 aliphatic carbocycles. The Bertz CT molecular complexity index is 1830. The molecule has 226 valence electrons. The van der Waals surface area contributed by atoms with Gasteiger partial charge >= 0.3 is 5.76 Å². The van der Waals surface area contributed by atoms with Crippen molar-refractivity contribution < 1.29 is 35.9 Å². The molecule has 8 nitrogen and oxygen atoms in total. The van der Waals surface area contributed by atoms with E-state index in [-0.39, 0.29) is 39.5 Å². The molecule has 2 N–H and O–H groups in total. The number of nitrogens with zero attached hydrogens (tertiary/aromatic N) is 3. The number of piperidine rings is 1. The SMILES string of the molecule is CC1(O)CCN(c2cc(F)cc(-c3ccc4cnc(CNC(=O)c5cc(Cl)cc(S(=O)(=O)C(F)F)c5)cc4c3F)n2)CC1. The van der Waals surface area contributed by atoms with Gasteiger partial charge in [-0.3, -0.25) is 9.78 Å². The molecule has 1 fully saturated rings. The Hall–Kier alpha value is -3.81. The summed E-state index contributed by atoms with van der Waals surface area (Å²) in [6.07, 6.45) is 2.34. The maximum atomic E-state index is 15.8. The molecular weight excluding hydrogens is 612 g/mol. The third-order valence-corrected chi connectivity index (χ3v) is 8.82. The molecule has 1 amide bonds. The van der Waals surface area contributed by atoms with Gasteiger partial charge in [0.1, 0.15) is 17.5 Å². The number of halogens is 5. The summed E-state index contributed by atoms with van der Waals surface area (Å²) in [4.78, 5) is 22.4. The highest BCUT2D eigenvalue weighted by Crippen LogP contribution is 2.32. The van der Waals surface area contributed by atoms with Crippen molar-refractivity contribution in [3.05, 3.63) is 82.6 Å². The van der Waals surface area contributed by atoms with Crippen LogP contribution < -0.4 is 10.2 Å². The second kappa shape index (κ2) is 11.7. The average molecular weight is 637 g/mol. The van der Waals surface area contributed by atoms with Crippen LogP contribution in [0, 0.1) is 11.6 Å². The molecule has 2 aromatic heterocycles. The van der Waals surface area contributed by atoms with E-state index in [0.717, 1.165) is 24.3 Å². The summed E-state index contributed by atoms with van der Waals surface area (Å²) in [6.45, 7) is 2.44. The van der Waals surface area contributed by atoms with Gasteiger partial charge < -0.3 is 15.3 Å². The van der Waals surface area contributed by atoms with Gasteiger partial charge in [0.05, 0.1) is 28.4 Å². The number of rotatable bonds is 7. The van der Waals surface area contributed by atoms with E-state index in [2.05, 4.69) is 15.3 Å². The van der Waals surface area contributed by atoms with Crippen LogP contribution in [0.5, 0.6) is 0 Å². The monoisotopic (exact) mass is 636 g/mol. The smallest absolute Gasteiger partial charge is 0.341 e. The van der Waals surface area contributed by atoms with Gasteiger partial charge in [-0.15, -0.1) is 0 Å². The highest BCUT2D eigenvalue weighted by Gasteiger charge is 2.29. The Labute approximate surface area is 249 Å². The number of anilines is 1. The second-order valence-electron chi connectivity index (χ2n) is 10.5. The maximum absolute atomic E-state index is 15.8. The summed E-state index contributed by atoms with van der Waals surface area (Å²) in [6, 6.07) is 9.58. The van der Waals surface area contributed by atoms with E-state index < -0.39 is 43.6 Å². The minimum absolute atomic E-state index is 0.0464. The van der Waals surface area contributed by atoms with Gasteiger partial charge in [0.15, 0.2) is 0 Å². The Morgan fingerprint density at radius 3 is 2.53 bits per heavy atom. The van der Waals surface area contributed by atoms with Crippen molar-refractivity contribution in [3.63, 3.8) is 0 Å². The zero-order chi connectivity index (χ0) is 31.1. The molecule has 14 heteroatoms. The molecule has 1 saturated heterocycles. The lowest BCUT2D eigenvalue weighted by molar-refractivity contribution is 0.0350. The fourth-order valence-corrected chi connectivity index (χ4v) is 5.84. The average Bonchev–Trinajstić information content (AvgIpc) is 2.95. The lowest BCUT2D eigenvalue weighted by Gasteiger charge is -2.36. The largest absolute Gasteiger partial charge is 0.390 e. The number of alkyl halides is 2. The number of sulfone groups is 1. The molecule has 1 aliphatic heterocycles. The number of benzene rings is 2. The molecule has 1 aliphatic rings. The topological polar surface area (TPSA) is 112 Å². The molecule has 0 unspecified atom stereocenters. The van der Waals surface area contributed by atoms with Gasteiger partial charge in [0, 0.05) is 58.3 Å². The molecule has 0 spiro atoms. The molecule has 4 aromatic rings. The first-order chi connectivity index (χ1) is 20.2. The molecule has 0 saturated carbocycles. The second-order valence-corrected chi connectivity index (χ2v) is 12.9. The lowest BCUT2D eigenvalue weighted by atomic mass is 9.94. The summed E-state index contributed by atoms with van der Waals surface area (Å²) in [5.41, 5.74) is -0.730. The summed E-state index contributed by atoms with van der Waals surface area (Å²) < 4.78 is 80.1. The number of nitrogens with one attached hydrogen (secondary N) is 1. The van der Waals surface area contributed by atoms with Crippen LogP contribution >= 0.6 is 11.6 Å². The Morgan fingerprint density at radius 1 is 1.12 bits per heavy atom. The lowest BCUT2D eigenvalue weighted by Crippen LogP contribution is -2.42. The zero-order valence-corrected chi connectivity index (χ0v) is 24.2. The summed E-state index contributed by atoms with van der Waals surface area (Å²) in [5, 5.41) is 13.1. The Morgan fingerprint density at radius 2 is 1.84 bits per heavy atom. The van der Waals surface area contributed by atoms with Crippen LogP contribution in [-0.2, 0) is 16.4 Å². The normalized spacial score (nSPS) is 15.2. The first-order valence-electron chi connectivity index (χ1n) is 13.1. The van der Waals surface area contributed by atoms with Crippen LogP contribution in [0.25, 0.3) is 22.0 Å². The van der Waals surface area contributed by atoms with Gasteiger partial charge in [0.25, 0.3) is 5.91 Å². The van der Waals surface area contributed by atoms with Crippen LogP contribution in [-0.4, -0.2) is 53.8 Å². The van der Waals surface area contributed by atoms with E-state index in [4.69, 9.17) is 11.6 Å². The van der Waals surface area contributed by atoms with Crippen LogP contribution in [0.3, 0.4) is 0 Å². The summed E-state index contributed by atoms with van der Waals surface area (Å²) in [7, 11) is -4.99. The van der Waals surface area contributed by atoms with E-state index in [9.17, 15) is 31.5 Å². The summed E-state index contributed by atoms with van der Waals surface area (Å²) in [5.74, 6) is -5.47. The van der Waals surface area contributed by atoms with E-state index >= 15 is 4.39 Å². The number of fused-ring (bicyclic) bond motifs is 1. The molecule has 5 rings (SSSR count). The highest BCUT2D eigenvalue weighted by atomic mass is 35.5. The number of hydrogen-bond donors (Lipinski definition) is 2. The fourth-order valence-electron chi connectivity index (χ4n) is 4.75. The van der Waals surface area contributed by atoms with E-state index in [0.29, 0.717) is 37.1 Å².